The molecule has 3 aromatic rings. The Morgan fingerprint density at radius 3 is 2.62 bits per heavy atom. The quantitative estimate of drug-likeness (QED) is 0.703. The normalized spacial score (nSPS) is 10.8. The predicted octanol–water partition coefficient (Wildman–Crippen LogP) is 3.72. The molecular weight excluding hydrogens is 349 g/mol. The van der Waals surface area contributed by atoms with E-state index in [0.29, 0.717) is 27.3 Å². The number of halogens is 2. The van der Waals surface area contributed by atoms with Crippen LogP contribution in [0.15, 0.2) is 42.5 Å². The van der Waals surface area contributed by atoms with Crippen molar-refractivity contribution in [3.8, 4) is 22.8 Å². The summed E-state index contributed by atoms with van der Waals surface area (Å²) in [4.78, 5) is 15.5. The van der Waals surface area contributed by atoms with Gasteiger partial charge in [0.05, 0.1) is 23.2 Å². The van der Waals surface area contributed by atoms with Gasteiger partial charge in [-0.15, -0.1) is 0 Å². The van der Waals surface area contributed by atoms with Gasteiger partial charge in [0.1, 0.15) is 6.29 Å². The SMILES string of the molecule is O=Cc1cccc(-c2nc(-c3ccc(Cl)c(Cl)c3)n(CCO)n2)c1. The monoisotopic (exact) mass is 361 g/mol. The third-order valence-electron chi connectivity index (χ3n) is 3.44. The number of aliphatic hydroxyl groups is 1. The zero-order chi connectivity index (χ0) is 17.1. The van der Waals surface area contributed by atoms with E-state index in [1.54, 1.807) is 41.1 Å². The van der Waals surface area contributed by atoms with Crippen molar-refractivity contribution in [1.82, 2.24) is 14.8 Å². The number of hydrogen-bond donors (Lipinski definition) is 1. The summed E-state index contributed by atoms with van der Waals surface area (Å²) in [5, 5.41) is 14.6. The molecule has 0 saturated carbocycles. The van der Waals surface area contributed by atoms with Gasteiger partial charge in [0.15, 0.2) is 11.6 Å². The van der Waals surface area contributed by atoms with E-state index >= 15 is 0 Å². The Hall–Kier alpha value is -2.21. The van der Waals surface area contributed by atoms with Crippen LogP contribution in [0, 0.1) is 0 Å². The van der Waals surface area contributed by atoms with E-state index in [9.17, 15) is 9.90 Å². The maximum atomic E-state index is 10.9. The zero-order valence-corrected chi connectivity index (χ0v) is 14.0. The molecule has 0 saturated heterocycles. The molecule has 0 spiro atoms. The number of rotatable bonds is 5. The van der Waals surface area contributed by atoms with Crippen molar-refractivity contribution in [2.75, 3.05) is 6.61 Å². The maximum Gasteiger partial charge on any atom is 0.181 e. The molecule has 0 bridgehead atoms. The molecule has 24 heavy (non-hydrogen) atoms. The van der Waals surface area contributed by atoms with E-state index in [-0.39, 0.29) is 13.2 Å². The first-order valence-electron chi connectivity index (χ1n) is 7.19. The molecule has 122 valence electrons. The molecule has 0 unspecified atom stereocenters. The van der Waals surface area contributed by atoms with Crippen molar-refractivity contribution >= 4 is 29.5 Å². The summed E-state index contributed by atoms with van der Waals surface area (Å²) in [5.74, 6) is 1.03. The largest absolute Gasteiger partial charge is 0.394 e. The maximum absolute atomic E-state index is 10.9. The molecule has 2 aromatic carbocycles. The summed E-state index contributed by atoms with van der Waals surface area (Å²) in [7, 11) is 0. The lowest BCUT2D eigenvalue weighted by Crippen LogP contribution is -2.06. The van der Waals surface area contributed by atoms with E-state index in [1.165, 1.54) is 0 Å². The average Bonchev–Trinajstić information content (AvgIpc) is 3.02. The second-order valence-corrected chi connectivity index (χ2v) is 5.89. The molecule has 1 heterocycles. The van der Waals surface area contributed by atoms with Gasteiger partial charge in [0.2, 0.25) is 0 Å². The predicted molar refractivity (Wildman–Crippen MR) is 93.4 cm³/mol. The van der Waals surface area contributed by atoms with Crippen LogP contribution in [0.1, 0.15) is 10.4 Å². The summed E-state index contributed by atoms with van der Waals surface area (Å²) in [5.41, 5.74) is 2.00. The highest BCUT2D eigenvalue weighted by molar-refractivity contribution is 6.42. The van der Waals surface area contributed by atoms with Crippen LogP contribution in [0.25, 0.3) is 22.8 Å². The van der Waals surface area contributed by atoms with Crippen LogP contribution in [0.3, 0.4) is 0 Å². The van der Waals surface area contributed by atoms with Crippen LogP contribution in [-0.2, 0) is 6.54 Å². The topological polar surface area (TPSA) is 68.0 Å². The first-order chi connectivity index (χ1) is 11.6. The third-order valence-corrected chi connectivity index (χ3v) is 4.18. The molecule has 0 fully saturated rings. The van der Waals surface area contributed by atoms with Crippen LogP contribution >= 0.6 is 23.2 Å². The Kier molecular flexibility index (Phi) is 4.94. The summed E-state index contributed by atoms with van der Waals surface area (Å²) >= 11 is 12.0. The highest BCUT2D eigenvalue weighted by atomic mass is 35.5. The first kappa shape index (κ1) is 16.6. The lowest BCUT2D eigenvalue weighted by Gasteiger charge is -2.04. The summed E-state index contributed by atoms with van der Waals surface area (Å²) in [6, 6.07) is 12.2. The van der Waals surface area contributed by atoms with Crippen molar-refractivity contribution in [3.63, 3.8) is 0 Å². The number of aromatic nitrogens is 3. The van der Waals surface area contributed by atoms with Crippen LogP contribution < -0.4 is 0 Å². The molecule has 1 N–H and O–H groups in total. The number of aliphatic hydroxyl groups excluding tert-OH is 1. The van der Waals surface area contributed by atoms with Crippen LogP contribution in [0.2, 0.25) is 10.0 Å². The molecule has 0 radical (unpaired) electrons. The Balaban J connectivity index is 2.10. The van der Waals surface area contributed by atoms with Gasteiger partial charge >= 0.3 is 0 Å². The lowest BCUT2D eigenvalue weighted by atomic mass is 10.1. The van der Waals surface area contributed by atoms with E-state index in [2.05, 4.69) is 10.1 Å². The second kappa shape index (κ2) is 7.13. The molecule has 0 aliphatic heterocycles. The number of carbonyl (C=O) groups excluding carboxylic acids is 1. The number of hydrogen-bond acceptors (Lipinski definition) is 4. The Bertz CT molecular complexity index is 893. The fourth-order valence-electron chi connectivity index (χ4n) is 2.31. The van der Waals surface area contributed by atoms with Gasteiger partial charge in [0, 0.05) is 16.7 Å². The lowest BCUT2D eigenvalue weighted by molar-refractivity contribution is 0.112. The molecule has 7 heteroatoms. The smallest absolute Gasteiger partial charge is 0.181 e. The van der Waals surface area contributed by atoms with Crippen molar-refractivity contribution in [2.24, 2.45) is 0 Å². The minimum absolute atomic E-state index is 0.0779. The molecule has 1 aromatic heterocycles. The van der Waals surface area contributed by atoms with Gasteiger partial charge in [-0.1, -0.05) is 41.4 Å². The van der Waals surface area contributed by atoms with Gasteiger partial charge in [-0.3, -0.25) is 4.79 Å². The van der Waals surface area contributed by atoms with Crippen LogP contribution in [0.4, 0.5) is 0 Å². The van der Waals surface area contributed by atoms with Crippen molar-refractivity contribution < 1.29 is 9.90 Å². The van der Waals surface area contributed by atoms with Crippen molar-refractivity contribution in [1.29, 1.82) is 0 Å². The molecule has 0 atom stereocenters. The molecule has 3 rings (SSSR count). The summed E-state index contributed by atoms with van der Waals surface area (Å²) in [6.07, 6.45) is 0.772. The molecule has 0 amide bonds. The van der Waals surface area contributed by atoms with Crippen molar-refractivity contribution in [2.45, 2.75) is 6.54 Å². The van der Waals surface area contributed by atoms with Crippen LogP contribution in [0.5, 0.6) is 0 Å². The van der Waals surface area contributed by atoms with Gasteiger partial charge in [-0.25, -0.2) is 9.67 Å². The molecular formula is C17H13Cl2N3O2. The number of aldehydes is 1. The Morgan fingerprint density at radius 2 is 1.92 bits per heavy atom. The van der Waals surface area contributed by atoms with Gasteiger partial charge in [0.25, 0.3) is 0 Å². The van der Waals surface area contributed by atoms with Gasteiger partial charge in [-0.05, 0) is 24.3 Å². The minimum atomic E-state index is -0.0779. The Morgan fingerprint density at radius 1 is 1.08 bits per heavy atom. The third kappa shape index (κ3) is 3.33. The zero-order valence-electron chi connectivity index (χ0n) is 12.5. The molecule has 5 nitrogen and oxygen atoms in total. The van der Waals surface area contributed by atoms with E-state index in [4.69, 9.17) is 23.2 Å². The summed E-state index contributed by atoms with van der Waals surface area (Å²) < 4.78 is 1.60. The average molecular weight is 362 g/mol. The van der Waals surface area contributed by atoms with E-state index in [0.717, 1.165) is 17.4 Å². The molecule has 0 aliphatic carbocycles. The standard InChI is InChI=1S/C17H13Cl2N3O2/c18-14-5-4-13(9-15(14)19)17-20-16(21-22(17)6-7-23)12-3-1-2-11(8-12)10-24/h1-5,8-10,23H,6-7H2. The van der Waals surface area contributed by atoms with Crippen LogP contribution in [-0.4, -0.2) is 32.8 Å². The Labute approximate surface area is 148 Å². The second-order valence-electron chi connectivity index (χ2n) is 5.08. The van der Waals surface area contributed by atoms with Gasteiger partial charge in [-0.2, -0.15) is 5.10 Å². The highest BCUT2D eigenvalue weighted by Gasteiger charge is 2.14. The van der Waals surface area contributed by atoms with Gasteiger partial charge < -0.3 is 5.11 Å². The van der Waals surface area contributed by atoms with Crippen molar-refractivity contribution in [3.05, 3.63) is 58.1 Å². The minimum Gasteiger partial charge on any atom is -0.394 e. The summed E-state index contributed by atoms with van der Waals surface area (Å²) in [6.45, 7) is 0.210. The highest BCUT2D eigenvalue weighted by Crippen LogP contribution is 2.29. The number of carbonyl (C=O) groups is 1. The van der Waals surface area contributed by atoms with E-state index < -0.39 is 0 Å². The number of benzene rings is 2. The fourth-order valence-corrected chi connectivity index (χ4v) is 2.61. The molecule has 0 aliphatic rings. The van der Waals surface area contributed by atoms with E-state index in [1.807, 2.05) is 6.07 Å². The fraction of sp³-hybridized carbons (Fsp3) is 0.118. The number of nitrogens with zero attached hydrogens (tertiary/aromatic N) is 3. The first-order valence-corrected chi connectivity index (χ1v) is 7.94.